The fourth-order valence-corrected chi connectivity index (χ4v) is 1.51. The molecule has 0 unspecified atom stereocenters. The number of hydrogen-bond donors (Lipinski definition) is 1. The normalized spacial score (nSPS) is 11.4. The van der Waals surface area contributed by atoms with Crippen LogP contribution in [0.15, 0.2) is 0 Å². The molecule has 6 heteroatoms. The molecule has 19 heavy (non-hydrogen) atoms. The zero-order valence-electron chi connectivity index (χ0n) is 12.3. The predicted octanol–water partition coefficient (Wildman–Crippen LogP) is -0.00320. The highest BCUT2D eigenvalue weighted by molar-refractivity contribution is 4.57. The minimum absolute atomic E-state index is 0.214. The van der Waals surface area contributed by atoms with Gasteiger partial charge in [-0.3, -0.25) is 4.90 Å². The van der Waals surface area contributed by atoms with E-state index in [1.54, 1.807) is 14.2 Å². The third-order valence-electron chi connectivity index (χ3n) is 2.60. The monoisotopic (exact) mass is 279 g/mol. The van der Waals surface area contributed by atoms with E-state index in [4.69, 9.17) is 24.1 Å². The number of aliphatic hydroxyl groups excluding tert-OH is 1. The maximum Gasteiger partial charge on any atom is 0.0700 e. The van der Waals surface area contributed by atoms with Crippen LogP contribution in [0, 0.1) is 0 Å². The van der Waals surface area contributed by atoms with Crippen molar-refractivity contribution in [1.82, 2.24) is 4.90 Å². The summed E-state index contributed by atoms with van der Waals surface area (Å²) in [6.07, 6.45) is 0.774. The minimum atomic E-state index is 0.214. The summed E-state index contributed by atoms with van der Waals surface area (Å²) >= 11 is 0. The Kier molecular flexibility index (Phi) is 15.6. The molecule has 0 aromatic carbocycles. The minimum Gasteiger partial charge on any atom is -0.396 e. The zero-order valence-corrected chi connectivity index (χ0v) is 12.3. The Hall–Kier alpha value is -0.240. The molecule has 0 saturated heterocycles. The van der Waals surface area contributed by atoms with Crippen LogP contribution in [0.4, 0.5) is 0 Å². The van der Waals surface area contributed by atoms with Crippen LogP contribution in [0.3, 0.4) is 0 Å². The first kappa shape index (κ1) is 18.8. The van der Waals surface area contributed by atoms with E-state index in [1.807, 2.05) is 0 Å². The van der Waals surface area contributed by atoms with Gasteiger partial charge in [0.1, 0.15) is 0 Å². The van der Waals surface area contributed by atoms with Gasteiger partial charge in [0.15, 0.2) is 0 Å². The molecule has 0 aromatic heterocycles. The summed E-state index contributed by atoms with van der Waals surface area (Å²) in [5.74, 6) is 0. The van der Waals surface area contributed by atoms with Gasteiger partial charge in [-0.15, -0.1) is 0 Å². The molecule has 0 radical (unpaired) electrons. The largest absolute Gasteiger partial charge is 0.396 e. The third kappa shape index (κ3) is 14.0. The molecule has 0 aromatic rings. The maximum absolute atomic E-state index is 8.88. The molecule has 0 bridgehead atoms. The Morgan fingerprint density at radius 1 is 0.737 bits per heavy atom. The Labute approximate surface area is 116 Å². The van der Waals surface area contributed by atoms with Gasteiger partial charge in [-0.1, -0.05) is 0 Å². The molecule has 0 fully saturated rings. The van der Waals surface area contributed by atoms with Crippen LogP contribution in [-0.2, 0) is 18.9 Å². The summed E-state index contributed by atoms with van der Waals surface area (Å²) in [5.41, 5.74) is 0. The Balaban J connectivity index is 3.57. The summed E-state index contributed by atoms with van der Waals surface area (Å²) in [6.45, 7) is 6.59. The number of hydrogen-bond acceptors (Lipinski definition) is 6. The highest BCUT2D eigenvalue weighted by Gasteiger charge is 2.04. The lowest BCUT2D eigenvalue weighted by Gasteiger charge is -2.21. The lowest BCUT2D eigenvalue weighted by Crippen LogP contribution is -2.33. The van der Waals surface area contributed by atoms with Gasteiger partial charge in [-0.2, -0.15) is 0 Å². The molecule has 0 aliphatic heterocycles. The Morgan fingerprint density at radius 3 is 1.68 bits per heavy atom. The molecule has 1 N–H and O–H groups in total. The summed E-state index contributed by atoms with van der Waals surface area (Å²) in [4.78, 5) is 2.23. The Bertz CT molecular complexity index is 157. The van der Waals surface area contributed by atoms with Crippen molar-refractivity contribution in [2.75, 3.05) is 80.1 Å². The fourth-order valence-electron chi connectivity index (χ4n) is 1.51. The number of ether oxygens (including phenoxy) is 4. The summed E-state index contributed by atoms with van der Waals surface area (Å²) in [6, 6.07) is 0. The molecule has 6 nitrogen and oxygen atoms in total. The van der Waals surface area contributed by atoms with E-state index in [9.17, 15) is 0 Å². The van der Waals surface area contributed by atoms with E-state index in [0.717, 1.165) is 26.1 Å². The second kappa shape index (κ2) is 15.8. The van der Waals surface area contributed by atoms with Crippen LogP contribution in [0.5, 0.6) is 0 Å². The van der Waals surface area contributed by atoms with Gasteiger partial charge < -0.3 is 24.1 Å². The zero-order chi connectivity index (χ0) is 14.2. The smallest absolute Gasteiger partial charge is 0.0700 e. The van der Waals surface area contributed by atoms with Gasteiger partial charge in [0.25, 0.3) is 0 Å². The first-order valence-electron chi connectivity index (χ1n) is 6.81. The SMILES string of the molecule is COCCOCCN(CCCO)CCOCCOC. The first-order valence-corrected chi connectivity index (χ1v) is 6.81. The van der Waals surface area contributed by atoms with E-state index in [-0.39, 0.29) is 6.61 Å². The van der Waals surface area contributed by atoms with Crippen molar-refractivity contribution in [3.05, 3.63) is 0 Å². The molecule has 0 atom stereocenters. The van der Waals surface area contributed by atoms with E-state index >= 15 is 0 Å². The topological polar surface area (TPSA) is 60.4 Å². The number of methoxy groups -OCH3 is 2. The van der Waals surface area contributed by atoms with Crippen molar-refractivity contribution >= 4 is 0 Å². The maximum atomic E-state index is 8.88. The first-order chi connectivity index (χ1) is 9.35. The van der Waals surface area contributed by atoms with E-state index in [0.29, 0.717) is 39.6 Å². The number of aliphatic hydroxyl groups is 1. The lowest BCUT2D eigenvalue weighted by molar-refractivity contribution is 0.0370. The van der Waals surface area contributed by atoms with Crippen LogP contribution < -0.4 is 0 Å². The number of rotatable bonds is 15. The predicted molar refractivity (Wildman–Crippen MR) is 73.5 cm³/mol. The van der Waals surface area contributed by atoms with Crippen LogP contribution in [0.1, 0.15) is 6.42 Å². The fraction of sp³-hybridized carbons (Fsp3) is 1.00. The molecular weight excluding hydrogens is 250 g/mol. The van der Waals surface area contributed by atoms with Crippen LogP contribution in [0.25, 0.3) is 0 Å². The van der Waals surface area contributed by atoms with E-state index in [1.165, 1.54) is 0 Å². The van der Waals surface area contributed by atoms with Gasteiger partial charge in [-0.25, -0.2) is 0 Å². The quantitative estimate of drug-likeness (QED) is 0.426. The van der Waals surface area contributed by atoms with Crippen molar-refractivity contribution in [3.63, 3.8) is 0 Å². The Morgan fingerprint density at radius 2 is 1.26 bits per heavy atom. The summed E-state index contributed by atoms with van der Waals surface area (Å²) in [7, 11) is 3.32. The summed E-state index contributed by atoms with van der Waals surface area (Å²) < 4.78 is 20.7. The molecule has 116 valence electrons. The van der Waals surface area contributed by atoms with Crippen LogP contribution in [-0.4, -0.2) is 90.1 Å². The molecule has 0 heterocycles. The number of nitrogens with zero attached hydrogens (tertiary/aromatic N) is 1. The molecule has 0 spiro atoms. The second-order valence-electron chi connectivity index (χ2n) is 4.13. The molecular formula is C13H29NO5. The molecule has 0 amide bonds. The molecule has 0 aliphatic rings. The molecule has 0 aliphatic carbocycles. The standard InChI is InChI=1S/C13H29NO5/c1-16-10-12-18-8-5-14(4-3-7-15)6-9-19-13-11-17-2/h15H,3-13H2,1-2H3. The second-order valence-corrected chi connectivity index (χ2v) is 4.13. The molecule has 0 rings (SSSR count). The van der Waals surface area contributed by atoms with Gasteiger partial charge in [-0.05, 0) is 6.42 Å². The van der Waals surface area contributed by atoms with Crippen molar-refractivity contribution in [3.8, 4) is 0 Å². The highest BCUT2D eigenvalue weighted by Crippen LogP contribution is 1.93. The van der Waals surface area contributed by atoms with E-state index < -0.39 is 0 Å². The molecule has 0 saturated carbocycles. The highest BCUT2D eigenvalue weighted by atomic mass is 16.5. The van der Waals surface area contributed by atoms with Crippen LogP contribution >= 0.6 is 0 Å². The third-order valence-corrected chi connectivity index (χ3v) is 2.60. The van der Waals surface area contributed by atoms with Gasteiger partial charge in [0.05, 0.1) is 39.6 Å². The van der Waals surface area contributed by atoms with Gasteiger partial charge in [0.2, 0.25) is 0 Å². The lowest BCUT2D eigenvalue weighted by atomic mass is 10.4. The van der Waals surface area contributed by atoms with Crippen molar-refractivity contribution in [2.24, 2.45) is 0 Å². The van der Waals surface area contributed by atoms with Crippen LogP contribution in [0.2, 0.25) is 0 Å². The van der Waals surface area contributed by atoms with Crippen molar-refractivity contribution < 1.29 is 24.1 Å². The summed E-state index contributed by atoms with van der Waals surface area (Å²) in [5, 5.41) is 8.88. The van der Waals surface area contributed by atoms with Gasteiger partial charge >= 0.3 is 0 Å². The van der Waals surface area contributed by atoms with Crippen molar-refractivity contribution in [2.45, 2.75) is 6.42 Å². The van der Waals surface area contributed by atoms with E-state index in [2.05, 4.69) is 4.90 Å². The van der Waals surface area contributed by atoms with Gasteiger partial charge in [0, 0.05) is 40.5 Å². The average Bonchev–Trinajstić information content (AvgIpc) is 2.43. The van der Waals surface area contributed by atoms with Crippen molar-refractivity contribution in [1.29, 1.82) is 0 Å². The average molecular weight is 279 g/mol.